The van der Waals surface area contributed by atoms with E-state index in [4.69, 9.17) is 4.43 Å². The number of hydrogen-bond acceptors (Lipinski definition) is 3. The van der Waals surface area contributed by atoms with Gasteiger partial charge in [-0.15, -0.1) is 4.31 Å². The molecule has 1 aliphatic carbocycles. The molecule has 5 nitrogen and oxygen atoms in total. The largest absolute Gasteiger partial charge is 0.411 e. The second-order valence-electron chi connectivity index (χ2n) is 10.6. The van der Waals surface area contributed by atoms with Crippen molar-refractivity contribution in [3.05, 3.63) is 65.9 Å². The van der Waals surface area contributed by atoms with Crippen LogP contribution in [0.4, 0.5) is 5.82 Å². The van der Waals surface area contributed by atoms with Crippen molar-refractivity contribution in [1.82, 2.24) is 0 Å². The minimum atomic E-state index is -3.76. The highest BCUT2D eigenvalue weighted by molar-refractivity contribution is 7.92. The van der Waals surface area contributed by atoms with Gasteiger partial charge in [-0.1, -0.05) is 50.6 Å². The normalized spacial score (nSPS) is 19.5. The van der Waals surface area contributed by atoms with Gasteiger partial charge in [0.2, 0.25) is 0 Å². The second-order valence-corrected chi connectivity index (χ2v) is 17.2. The van der Waals surface area contributed by atoms with Crippen molar-refractivity contribution in [3.63, 3.8) is 0 Å². The first-order chi connectivity index (χ1) is 15.2. The Balaban J connectivity index is 2.00. The van der Waals surface area contributed by atoms with Crippen LogP contribution < -0.4 is 8.87 Å². The molecule has 0 N–H and O–H groups in total. The molecule has 0 amide bonds. The Morgan fingerprint density at radius 1 is 1.00 bits per heavy atom. The number of hydrogen-bond donors (Lipinski definition) is 0. The molecule has 0 bridgehead atoms. The maximum Gasteiger partial charge on any atom is 0.331 e. The summed E-state index contributed by atoms with van der Waals surface area (Å²) in [6, 6.07) is 12.6. The topological polar surface area (TPSA) is 50.5 Å². The van der Waals surface area contributed by atoms with Gasteiger partial charge in [-0.3, -0.25) is 0 Å². The summed E-state index contributed by atoms with van der Waals surface area (Å²) in [5.41, 5.74) is 2.03. The maximum atomic E-state index is 13.9. The Hall–Kier alpha value is -1.96. The van der Waals surface area contributed by atoms with E-state index in [1.54, 1.807) is 16.4 Å². The quantitative estimate of drug-likeness (QED) is 0.310. The molecule has 1 heterocycles. The Morgan fingerprint density at radius 3 is 2.18 bits per heavy atom. The molecular weight excluding hydrogens is 448 g/mol. The SMILES string of the molecule is Cc1ccc(S(=O)(=O)N(c2cccc(C)[n+]2C)C2C=C[C@H](O[Si](C)(C)C(C)(C)C)CC2)cc1. The monoisotopic (exact) mass is 487 g/mol. The molecular formula is C26H39N2O3SSi+. The van der Waals surface area contributed by atoms with E-state index in [0.29, 0.717) is 17.1 Å². The number of rotatable bonds is 6. The summed E-state index contributed by atoms with van der Waals surface area (Å²) in [4.78, 5) is 0.308. The van der Waals surface area contributed by atoms with Crippen molar-refractivity contribution < 1.29 is 17.4 Å². The predicted octanol–water partition coefficient (Wildman–Crippen LogP) is 5.43. The van der Waals surface area contributed by atoms with Gasteiger partial charge in [-0.2, -0.15) is 8.42 Å². The van der Waals surface area contributed by atoms with Crippen molar-refractivity contribution in [2.75, 3.05) is 4.31 Å². The van der Waals surface area contributed by atoms with Crippen molar-refractivity contribution in [1.29, 1.82) is 0 Å². The fourth-order valence-electron chi connectivity index (χ4n) is 3.82. The average Bonchev–Trinajstić information content (AvgIpc) is 2.72. The van der Waals surface area contributed by atoms with Crippen molar-refractivity contribution in [2.24, 2.45) is 7.05 Å². The Kier molecular flexibility index (Phi) is 7.27. The number of anilines is 1. The second kappa shape index (κ2) is 9.35. The number of aromatic nitrogens is 1. The molecule has 3 rings (SSSR count). The molecule has 0 spiro atoms. The highest BCUT2D eigenvalue weighted by atomic mass is 32.2. The molecule has 2 atom stereocenters. The van der Waals surface area contributed by atoms with Gasteiger partial charge in [-0.05, 0) is 69.1 Å². The van der Waals surface area contributed by atoms with E-state index in [2.05, 4.69) is 39.9 Å². The summed E-state index contributed by atoms with van der Waals surface area (Å²) in [6.07, 6.45) is 5.62. The predicted molar refractivity (Wildman–Crippen MR) is 137 cm³/mol. The van der Waals surface area contributed by atoms with Crippen LogP contribution in [0.5, 0.6) is 0 Å². The van der Waals surface area contributed by atoms with E-state index >= 15 is 0 Å². The van der Waals surface area contributed by atoms with E-state index in [9.17, 15) is 8.42 Å². The van der Waals surface area contributed by atoms with Gasteiger partial charge in [0.15, 0.2) is 8.32 Å². The van der Waals surface area contributed by atoms with Crippen LogP contribution in [0.25, 0.3) is 0 Å². The van der Waals surface area contributed by atoms with Crippen LogP contribution in [-0.2, 0) is 21.5 Å². The van der Waals surface area contributed by atoms with Crippen molar-refractivity contribution in [2.45, 2.75) is 82.6 Å². The molecule has 2 aromatic rings. The van der Waals surface area contributed by atoms with Gasteiger partial charge < -0.3 is 4.43 Å². The van der Waals surface area contributed by atoms with Gasteiger partial charge in [0.25, 0.3) is 5.82 Å². The lowest BCUT2D eigenvalue weighted by Gasteiger charge is -2.40. The third-order valence-corrected chi connectivity index (χ3v) is 13.5. The van der Waals surface area contributed by atoms with E-state index in [1.165, 1.54) is 0 Å². The lowest BCUT2D eigenvalue weighted by Crippen LogP contribution is -2.50. The molecule has 0 saturated heterocycles. The van der Waals surface area contributed by atoms with Crippen molar-refractivity contribution in [3.8, 4) is 0 Å². The molecule has 1 aromatic heterocycles. The van der Waals surface area contributed by atoms with Crippen LogP contribution in [0.2, 0.25) is 18.1 Å². The molecule has 0 saturated carbocycles. The minimum Gasteiger partial charge on any atom is -0.411 e. The summed E-state index contributed by atoms with van der Waals surface area (Å²) in [7, 11) is -3.75. The van der Waals surface area contributed by atoms with Crippen LogP contribution in [0, 0.1) is 13.8 Å². The summed E-state index contributed by atoms with van der Waals surface area (Å²) in [5.74, 6) is 0.661. The third-order valence-electron chi connectivity index (χ3n) is 7.11. The zero-order valence-corrected chi connectivity index (χ0v) is 23.1. The summed E-state index contributed by atoms with van der Waals surface area (Å²) in [6.45, 7) is 15.2. The zero-order valence-electron chi connectivity index (χ0n) is 21.3. The molecule has 1 unspecified atom stereocenters. The number of benzene rings is 1. The standard InChI is InChI=1S/C26H39N2O3SSi/c1-20-12-18-24(19-13-20)32(29,30)28(25-11-9-10-21(2)27(25)6)22-14-16-23(17-15-22)31-33(7,8)26(3,4)5/h9-14,16,18-19,22-23H,15,17H2,1-8H3/q+1/t22?,23-/m0/s1. The van der Waals surface area contributed by atoms with Crippen LogP contribution in [-0.4, -0.2) is 28.9 Å². The highest BCUT2D eigenvalue weighted by Gasteiger charge is 2.43. The summed E-state index contributed by atoms with van der Waals surface area (Å²) >= 11 is 0. The Labute approximate surface area is 201 Å². The fourth-order valence-corrected chi connectivity index (χ4v) is 6.80. The van der Waals surface area contributed by atoms with Gasteiger partial charge in [0, 0.05) is 6.07 Å². The maximum absolute atomic E-state index is 13.9. The molecule has 1 aromatic carbocycles. The number of pyridine rings is 1. The van der Waals surface area contributed by atoms with Gasteiger partial charge in [0.1, 0.15) is 16.6 Å². The summed E-state index contributed by atoms with van der Waals surface area (Å²) < 4.78 is 37.9. The lowest BCUT2D eigenvalue weighted by molar-refractivity contribution is -0.664. The van der Waals surface area contributed by atoms with Gasteiger partial charge in [0.05, 0.1) is 13.2 Å². The first kappa shape index (κ1) is 25.7. The fraction of sp³-hybridized carbons (Fsp3) is 0.500. The third kappa shape index (κ3) is 5.41. The zero-order chi connectivity index (χ0) is 24.6. The van der Waals surface area contributed by atoms with Gasteiger partial charge >= 0.3 is 10.0 Å². The molecule has 7 heteroatoms. The summed E-state index contributed by atoms with van der Waals surface area (Å²) in [5, 5.41) is 0.133. The number of nitrogens with zero attached hydrogens (tertiary/aromatic N) is 2. The number of sulfonamides is 1. The first-order valence-electron chi connectivity index (χ1n) is 11.7. The smallest absolute Gasteiger partial charge is 0.331 e. The lowest BCUT2D eigenvalue weighted by atomic mass is 10.0. The highest BCUT2D eigenvalue weighted by Crippen LogP contribution is 2.39. The molecule has 0 aliphatic heterocycles. The van der Waals surface area contributed by atoms with Crippen LogP contribution in [0.3, 0.4) is 0 Å². The van der Waals surface area contributed by atoms with E-state index in [1.807, 2.05) is 61.9 Å². The van der Waals surface area contributed by atoms with Gasteiger partial charge in [-0.25, -0.2) is 4.57 Å². The Bertz CT molecular complexity index is 1120. The average molecular weight is 488 g/mol. The molecule has 1 aliphatic rings. The molecule has 33 heavy (non-hydrogen) atoms. The van der Waals surface area contributed by atoms with E-state index < -0.39 is 18.3 Å². The first-order valence-corrected chi connectivity index (χ1v) is 16.0. The van der Waals surface area contributed by atoms with Crippen LogP contribution in [0.15, 0.2) is 59.5 Å². The molecule has 0 fully saturated rings. The molecule has 0 radical (unpaired) electrons. The van der Waals surface area contributed by atoms with Crippen molar-refractivity contribution >= 4 is 24.2 Å². The van der Waals surface area contributed by atoms with E-state index in [-0.39, 0.29) is 17.2 Å². The van der Waals surface area contributed by atoms with E-state index in [0.717, 1.165) is 17.7 Å². The number of aryl methyl sites for hydroxylation is 2. The van der Waals surface area contributed by atoms with Crippen LogP contribution >= 0.6 is 0 Å². The minimum absolute atomic E-state index is 0.0253. The van der Waals surface area contributed by atoms with Crippen LogP contribution in [0.1, 0.15) is 44.9 Å². The Morgan fingerprint density at radius 2 is 1.64 bits per heavy atom. The molecule has 180 valence electrons.